The normalized spacial score (nSPS) is 10.2. The van der Waals surface area contributed by atoms with Crippen molar-refractivity contribution in [2.45, 2.75) is 19.9 Å². The number of hydrogen-bond donors (Lipinski definition) is 1. The minimum Gasteiger partial charge on any atom is -0.481 e. The van der Waals surface area contributed by atoms with Gasteiger partial charge in [0, 0.05) is 5.69 Å². The van der Waals surface area contributed by atoms with Gasteiger partial charge in [-0.25, -0.2) is 9.97 Å². The smallest absolute Gasteiger partial charge is 0.225 e. The minimum atomic E-state index is 0.523. The van der Waals surface area contributed by atoms with Crippen molar-refractivity contribution >= 4 is 5.69 Å². The van der Waals surface area contributed by atoms with Crippen molar-refractivity contribution in [1.82, 2.24) is 9.97 Å². The maximum absolute atomic E-state index is 5.24. The van der Waals surface area contributed by atoms with Crippen molar-refractivity contribution in [2.24, 2.45) is 0 Å². The quantitative estimate of drug-likeness (QED) is 0.877. The van der Waals surface area contributed by atoms with Gasteiger partial charge in [-0.2, -0.15) is 0 Å². The lowest BCUT2D eigenvalue weighted by Crippen LogP contribution is -2.06. The molecule has 2 aromatic rings. The molecule has 0 saturated heterocycles. The first kappa shape index (κ1) is 14.1. The van der Waals surface area contributed by atoms with Gasteiger partial charge in [0.15, 0.2) is 0 Å². The first-order chi connectivity index (χ1) is 9.78. The van der Waals surface area contributed by atoms with Gasteiger partial charge in [0.1, 0.15) is 6.33 Å². The molecule has 0 fully saturated rings. The highest BCUT2D eigenvalue weighted by Crippen LogP contribution is 2.24. The van der Waals surface area contributed by atoms with Crippen LogP contribution in [0.25, 0.3) is 0 Å². The topological polar surface area (TPSA) is 56.3 Å². The van der Waals surface area contributed by atoms with E-state index < -0.39 is 0 Å². The summed E-state index contributed by atoms with van der Waals surface area (Å²) in [6.07, 6.45) is 2.46. The van der Waals surface area contributed by atoms with Crippen LogP contribution in [-0.4, -0.2) is 24.2 Å². The summed E-state index contributed by atoms with van der Waals surface area (Å²) in [5, 5.41) is 3.32. The Hall–Kier alpha value is -2.30. The molecule has 1 aromatic carbocycles. The summed E-state index contributed by atoms with van der Waals surface area (Å²) in [5.74, 6) is 1.05. The van der Waals surface area contributed by atoms with Crippen LogP contribution in [0.1, 0.15) is 18.1 Å². The van der Waals surface area contributed by atoms with Crippen LogP contribution in [0.3, 0.4) is 0 Å². The van der Waals surface area contributed by atoms with E-state index in [-0.39, 0.29) is 0 Å². The van der Waals surface area contributed by atoms with Gasteiger partial charge in [0.25, 0.3) is 0 Å². The third-order valence-corrected chi connectivity index (χ3v) is 3.08. The Kier molecular flexibility index (Phi) is 4.76. The molecule has 0 saturated carbocycles. The number of aromatic nitrogens is 2. The second-order valence-corrected chi connectivity index (χ2v) is 4.27. The van der Waals surface area contributed by atoms with Crippen LogP contribution >= 0.6 is 0 Å². The molecule has 0 aliphatic rings. The summed E-state index contributed by atoms with van der Waals surface area (Å²) in [5.41, 5.74) is 3.15. The lowest BCUT2D eigenvalue weighted by atomic mass is 10.1. The summed E-state index contributed by atoms with van der Waals surface area (Å²) >= 11 is 0. The van der Waals surface area contributed by atoms with Gasteiger partial charge in [0.05, 0.1) is 26.3 Å². The molecule has 0 aliphatic carbocycles. The average Bonchev–Trinajstić information content (AvgIpc) is 2.52. The molecule has 106 valence electrons. The van der Waals surface area contributed by atoms with Crippen LogP contribution in [0.5, 0.6) is 11.8 Å². The molecular formula is C15H19N3O2. The SMILES string of the molecule is CCc1ccc(NCc2c(OC)ncnc2OC)cc1. The maximum Gasteiger partial charge on any atom is 0.225 e. The Bertz CT molecular complexity index is 533. The maximum atomic E-state index is 5.24. The van der Waals surface area contributed by atoms with Crippen LogP contribution in [0.15, 0.2) is 30.6 Å². The summed E-state index contributed by atoms with van der Waals surface area (Å²) in [6, 6.07) is 8.33. The van der Waals surface area contributed by atoms with E-state index in [0.717, 1.165) is 17.7 Å². The zero-order chi connectivity index (χ0) is 14.4. The molecule has 5 nitrogen and oxygen atoms in total. The minimum absolute atomic E-state index is 0.523. The fraction of sp³-hybridized carbons (Fsp3) is 0.333. The van der Waals surface area contributed by atoms with E-state index >= 15 is 0 Å². The molecule has 5 heteroatoms. The average molecular weight is 273 g/mol. The second-order valence-electron chi connectivity index (χ2n) is 4.27. The lowest BCUT2D eigenvalue weighted by Gasteiger charge is -2.12. The predicted molar refractivity (Wildman–Crippen MR) is 78.3 cm³/mol. The molecule has 20 heavy (non-hydrogen) atoms. The molecule has 0 bridgehead atoms. The number of methoxy groups -OCH3 is 2. The lowest BCUT2D eigenvalue weighted by molar-refractivity contribution is 0.363. The molecule has 2 rings (SSSR count). The summed E-state index contributed by atoms with van der Waals surface area (Å²) in [6.45, 7) is 2.68. The zero-order valence-corrected chi connectivity index (χ0v) is 12.0. The molecule has 0 amide bonds. The number of nitrogens with zero attached hydrogens (tertiary/aromatic N) is 2. The van der Waals surface area contributed by atoms with Crippen molar-refractivity contribution in [3.8, 4) is 11.8 Å². The van der Waals surface area contributed by atoms with Crippen LogP contribution in [0.2, 0.25) is 0 Å². The Morgan fingerprint density at radius 2 is 1.60 bits per heavy atom. The Morgan fingerprint density at radius 3 is 2.10 bits per heavy atom. The van der Waals surface area contributed by atoms with E-state index in [9.17, 15) is 0 Å². The number of ether oxygens (including phenoxy) is 2. The van der Waals surface area contributed by atoms with Crippen molar-refractivity contribution in [3.05, 3.63) is 41.7 Å². The van der Waals surface area contributed by atoms with E-state index in [1.165, 1.54) is 11.9 Å². The van der Waals surface area contributed by atoms with E-state index in [1.807, 2.05) is 0 Å². The van der Waals surface area contributed by atoms with Gasteiger partial charge in [-0.1, -0.05) is 19.1 Å². The first-order valence-electron chi connectivity index (χ1n) is 6.53. The van der Waals surface area contributed by atoms with Gasteiger partial charge in [0.2, 0.25) is 11.8 Å². The third-order valence-electron chi connectivity index (χ3n) is 3.08. The van der Waals surface area contributed by atoms with Crippen LogP contribution in [0, 0.1) is 0 Å². The predicted octanol–water partition coefficient (Wildman–Crippen LogP) is 2.67. The van der Waals surface area contributed by atoms with Gasteiger partial charge in [-0.3, -0.25) is 0 Å². The van der Waals surface area contributed by atoms with Gasteiger partial charge in [-0.15, -0.1) is 0 Å². The molecular weight excluding hydrogens is 254 g/mol. The number of benzene rings is 1. The van der Waals surface area contributed by atoms with E-state index in [2.05, 4.69) is 46.5 Å². The molecule has 0 aliphatic heterocycles. The largest absolute Gasteiger partial charge is 0.481 e. The number of aryl methyl sites for hydroxylation is 1. The van der Waals surface area contributed by atoms with Crippen molar-refractivity contribution in [1.29, 1.82) is 0 Å². The van der Waals surface area contributed by atoms with Crippen LogP contribution in [-0.2, 0) is 13.0 Å². The van der Waals surface area contributed by atoms with Gasteiger partial charge in [-0.05, 0) is 24.1 Å². The Balaban J connectivity index is 2.13. The molecule has 1 N–H and O–H groups in total. The summed E-state index contributed by atoms with van der Waals surface area (Å²) in [4.78, 5) is 8.18. The van der Waals surface area contributed by atoms with E-state index in [1.54, 1.807) is 14.2 Å². The molecule has 1 heterocycles. The highest BCUT2D eigenvalue weighted by Gasteiger charge is 2.12. The van der Waals surface area contributed by atoms with Crippen LogP contribution < -0.4 is 14.8 Å². The standard InChI is InChI=1S/C15H19N3O2/c1-4-11-5-7-12(8-6-11)16-9-13-14(19-2)17-10-18-15(13)20-3/h5-8,10,16H,4,9H2,1-3H3. The Morgan fingerprint density at radius 1 is 1.00 bits per heavy atom. The fourth-order valence-electron chi connectivity index (χ4n) is 1.93. The molecule has 0 spiro atoms. The zero-order valence-electron chi connectivity index (χ0n) is 12.0. The molecule has 1 aromatic heterocycles. The van der Waals surface area contributed by atoms with E-state index in [0.29, 0.717) is 18.3 Å². The summed E-state index contributed by atoms with van der Waals surface area (Å²) in [7, 11) is 3.17. The van der Waals surface area contributed by atoms with Crippen LogP contribution in [0.4, 0.5) is 5.69 Å². The summed E-state index contributed by atoms with van der Waals surface area (Å²) < 4.78 is 10.5. The highest BCUT2D eigenvalue weighted by molar-refractivity contribution is 5.47. The van der Waals surface area contributed by atoms with Crippen molar-refractivity contribution < 1.29 is 9.47 Å². The molecule has 0 unspecified atom stereocenters. The second kappa shape index (κ2) is 6.75. The monoisotopic (exact) mass is 273 g/mol. The third kappa shape index (κ3) is 3.17. The molecule has 0 atom stereocenters. The number of hydrogen-bond acceptors (Lipinski definition) is 5. The van der Waals surface area contributed by atoms with E-state index in [4.69, 9.17) is 9.47 Å². The highest BCUT2D eigenvalue weighted by atomic mass is 16.5. The van der Waals surface area contributed by atoms with Gasteiger partial charge >= 0.3 is 0 Å². The number of rotatable bonds is 6. The Labute approximate surface area is 119 Å². The number of nitrogens with one attached hydrogen (secondary N) is 1. The number of anilines is 1. The van der Waals surface area contributed by atoms with Crippen molar-refractivity contribution in [2.75, 3.05) is 19.5 Å². The van der Waals surface area contributed by atoms with Crippen molar-refractivity contribution in [3.63, 3.8) is 0 Å². The first-order valence-corrected chi connectivity index (χ1v) is 6.53. The van der Waals surface area contributed by atoms with Gasteiger partial charge < -0.3 is 14.8 Å². The molecule has 0 radical (unpaired) electrons. The fourth-order valence-corrected chi connectivity index (χ4v) is 1.93.